The van der Waals surface area contributed by atoms with Crippen LogP contribution in [0.15, 0.2) is 58.9 Å². The van der Waals surface area contributed by atoms with Crippen LogP contribution in [0.4, 0.5) is 4.39 Å². The summed E-state index contributed by atoms with van der Waals surface area (Å²) in [5.41, 5.74) is 0.768. The molecule has 1 heterocycles. The number of nitrogens with zero attached hydrogens (tertiary/aromatic N) is 1. The molecule has 27 heavy (non-hydrogen) atoms. The van der Waals surface area contributed by atoms with Gasteiger partial charge in [-0.05, 0) is 18.2 Å². The molecule has 0 saturated carbocycles. The maximum Gasteiger partial charge on any atom is 0.282 e. The van der Waals surface area contributed by atoms with Crippen molar-refractivity contribution >= 4 is 38.9 Å². The second-order valence-electron chi connectivity index (χ2n) is 5.25. The molecule has 3 rings (SSSR count). The highest BCUT2D eigenvalue weighted by molar-refractivity contribution is 7.90. The maximum absolute atomic E-state index is 13.0. The summed E-state index contributed by atoms with van der Waals surface area (Å²) >= 11 is 6.92. The first-order valence-electron chi connectivity index (χ1n) is 7.49. The van der Waals surface area contributed by atoms with Crippen LogP contribution >= 0.6 is 22.9 Å². The average molecular weight is 427 g/mol. The third-order valence-corrected chi connectivity index (χ3v) is 5.87. The van der Waals surface area contributed by atoms with E-state index in [2.05, 4.69) is 4.98 Å². The summed E-state index contributed by atoms with van der Waals surface area (Å²) in [7, 11) is -4.14. The van der Waals surface area contributed by atoms with Crippen LogP contribution in [0.1, 0.15) is 0 Å². The van der Waals surface area contributed by atoms with Crippen molar-refractivity contribution in [1.29, 1.82) is 0 Å². The largest absolute Gasteiger partial charge is 0.482 e. The molecule has 0 unspecified atom stereocenters. The molecule has 0 radical (unpaired) electrons. The molecular weight excluding hydrogens is 415 g/mol. The summed E-state index contributed by atoms with van der Waals surface area (Å²) in [6, 6.07) is 12.4. The first-order valence-corrected chi connectivity index (χ1v) is 10.2. The maximum atomic E-state index is 13.0. The van der Waals surface area contributed by atoms with Crippen molar-refractivity contribution in [2.24, 2.45) is 0 Å². The molecule has 0 bridgehead atoms. The molecule has 140 valence electrons. The smallest absolute Gasteiger partial charge is 0.282 e. The van der Waals surface area contributed by atoms with Gasteiger partial charge in [0.05, 0.1) is 5.02 Å². The van der Waals surface area contributed by atoms with E-state index in [4.69, 9.17) is 16.3 Å². The Balaban J connectivity index is 1.65. The third kappa shape index (κ3) is 4.82. The molecule has 0 aliphatic carbocycles. The van der Waals surface area contributed by atoms with Crippen LogP contribution in [0.2, 0.25) is 5.02 Å². The SMILES string of the molecule is O=C(COc1ccc(F)cc1Cl)NS(=O)(=O)c1csc(-c2ccccc2)n1. The summed E-state index contributed by atoms with van der Waals surface area (Å²) in [5, 5.41) is 1.56. The molecule has 0 aliphatic rings. The van der Waals surface area contributed by atoms with Gasteiger partial charge in [-0.15, -0.1) is 11.3 Å². The van der Waals surface area contributed by atoms with Gasteiger partial charge in [-0.2, -0.15) is 8.42 Å². The van der Waals surface area contributed by atoms with Gasteiger partial charge in [0.25, 0.3) is 15.9 Å². The number of carbonyl (C=O) groups is 1. The highest BCUT2D eigenvalue weighted by Crippen LogP contribution is 2.26. The van der Waals surface area contributed by atoms with E-state index in [0.717, 1.165) is 29.0 Å². The Kier molecular flexibility index (Phi) is 5.73. The monoisotopic (exact) mass is 426 g/mol. The Morgan fingerprint density at radius 3 is 2.67 bits per heavy atom. The lowest BCUT2D eigenvalue weighted by Crippen LogP contribution is -2.34. The lowest BCUT2D eigenvalue weighted by molar-refractivity contribution is -0.121. The van der Waals surface area contributed by atoms with Gasteiger partial charge in [0.1, 0.15) is 16.6 Å². The minimum Gasteiger partial charge on any atom is -0.482 e. The van der Waals surface area contributed by atoms with Gasteiger partial charge in [-0.1, -0.05) is 41.9 Å². The summed E-state index contributed by atoms with van der Waals surface area (Å²) in [6.45, 7) is -0.611. The first kappa shape index (κ1) is 19.3. The van der Waals surface area contributed by atoms with Crippen LogP contribution in [0, 0.1) is 5.82 Å². The number of amides is 1. The van der Waals surface area contributed by atoms with Crippen LogP contribution in [-0.4, -0.2) is 25.9 Å². The van der Waals surface area contributed by atoms with Gasteiger partial charge in [-0.25, -0.2) is 14.1 Å². The van der Waals surface area contributed by atoms with E-state index in [9.17, 15) is 17.6 Å². The van der Waals surface area contributed by atoms with E-state index in [1.807, 2.05) is 22.9 Å². The Labute approximate surface area is 163 Å². The topological polar surface area (TPSA) is 85.4 Å². The van der Waals surface area contributed by atoms with E-state index in [1.54, 1.807) is 12.1 Å². The van der Waals surface area contributed by atoms with Gasteiger partial charge in [-0.3, -0.25) is 4.79 Å². The van der Waals surface area contributed by atoms with Crippen molar-refractivity contribution in [2.75, 3.05) is 6.61 Å². The number of hydrogen-bond donors (Lipinski definition) is 1. The molecule has 1 amide bonds. The van der Waals surface area contributed by atoms with Crippen molar-refractivity contribution in [1.82, 2.24) is 9.71 Å². The zero-order valence-electron chi connectivity index (χ0n) is 13.6. The Hall–Kier alpha value is -2.49. The highest BCUT2D eigenvalue weighted by Gasteiger charge is 2.22. The number of aromatic nitrogens is 1. The number of hydrogen-bond acceptors (Lipinski definition) is 6. The van der Waals surface area contributed by atoms with Crippen LogP contribution in [0.3, 0.4) is 0 Å². The molecule has 0 fully saturated rings. The van der Waals surface area contributed by atoms with Crippen LogP contribution < -0.4 is 9.46 Å². The Bertz CT molecular complexity index is 1070. The number of nitrogens with one attached hydrogen (secondary N) is 1. The fourth-order valence-electron chi connectivity index (χ4n) is 2.06. The molecule has 0 saturated heterocycles. The molecule has 10 heteroatoms. The number of halogens is 2. The Morgan fingerprint density at radius 2 is 1.96 bits per heavy atom. The number of benzene rings is 2. The van der Waals surface area contributed by atoms with E-state index in [-0.39, 0.29) is 15.8 Å². The van der Waals surface area contributed by atoms with Crippen molar-refractivity contribution in [3.8, 4) is 16.3 Å². The standard InChI is InChI=1S/C17H12ClFN2O4S2/c18-13-8-12(19)6-7-14(13)25-9-15(22)21-27(23,24)16-10-26-17(20-16)11-4-2-1-3-5-11/h1-8,10H,9H2,(H,21,22). The average Bonchev–Trinajstić information content (AvgIpc) is 3.12. The molecular formula is C17H12ClFN2O4S2. The van der Waals surface area contributed by atoms with Crippen molar-refractivity contribution in [3.63, 3.8) is 0 Å². The fraction of sp³-hybridized carbons (Fsp3) is 0.0588. The van der Waals surface area contributed by atoms with Crippen molar-refractivity contribution in [2.45, 2.75) is 5.03 Å². The fourth-order valence-corrected chi connectivity index (χ4v) is 4.36. The summed E-state index contributed by atoms with van der Waals surface area (Å²) in [4.78, 5) is 16.0. The van der Waals surface area contributed by atoms with E-state index in [0.29, 0.717) is 5.01 Å². The van der Waals surface area contributed by atoms with Crippen LogP contribution in [-0.2, 0) is 14.8 Å². The lowest BCUT2D eigenvalue weighted by Gasteiger charge is -2.08. The quantitative estimate of drug-likeness (QED) is 0.652. The lowest BCUT2D eigenvalue weighted by atomic mass is 10.2. The van der Waals surface area contributed by atoms with Gasteiger partial charge < -0.3 is 4.74 Å². The van der Waals surface area contributed by atoms with E-state index in [1.165, 1.54) is 11.4 Å². The van der Waals surface area contributed by atoms with E-state index >= 15 is 0 Å². The second kappa shape index (κ2) is 8.03. The predicted molar refractivity (Wildman–Crippen MR) is 99.8 cm³/mol. The first-order chi connectivity index (χ1) is 12.8. The minimum absolute atomic E-state index is 0.0299. The molecule has 0 atom stereocenters. The zero-order chi connectivity index (χ0) is 19.4. The van der Waals surface area contributed by atoms with Crippen LogP contribution in [0.25, 0.3) is 10.6 Å². The van der Waals surface area contributed by atoms with E-state index < -0.39 is 28.4 Å². The Morgan fingerprint density at radius 1 is 1.22 bits per heavy atom. The second-order valence-corrected chi connectivity index (χ2v) is 8.14. The number of ether oxygens (including phenoxy) is 1. The minimum atomic E-state index is -4.14. The third-order valence-electron chi connectivity index (χ3n) is 3.28. The molecule has 0 aliphatic heterocycles. The van der Waals surface area contributed by atoms with Gasteiger partial charge in [0, 0.05) is 10.9 Å². The number of thiazole rings is 1. The summed E-state index contributed by atoms with van der Waals surface area (Å²) in [6.07, 6.45) is 0. The van der Waals surface area contributed by atoms with Crippen molar-refractivity contribution < 1.29 is 22.3 Å². The zero-order valence-corrected chi connectivity index (χ0v) is 15.9. The molecule has 3 aromatic rings. The summed E-state index contributed by atoms with van der Waals surface area (Å²) in [5.74, 6) is -1.41. The molecule has 6 nitrogen and oxygen atoms in total. The molecule has 1 N–H and O–H groups in total. The number of sulfonamides is 1. The normalized spacial score (nSPS) is 11.2. The number of rotatable bonds is 6. The molecule has 2 aromatic carbocycles. The van der Waals surface area contributed by atoms with Gasteiger partial charge in [0.2, 0.25) is 0 Å². The highest BCUT2D eigenvalue weighted by atomic mass is 35.5. The van der Waals surface area contributed by atoms with Gasteiger partial charge >= 0.3 is 0 Å². The molecule has 0 spiro atoms. The summed E-state index contributed by atoms with van der Waals surface area (Å²) < 4.78 is 44.5. The van der Waals surface area contributed by atoms with Crippen LogP contribution in [0.5, 0.6) is 5.75 Å². The number of carbonyl (C=O) groups excluding carboxylic acids is 1. The molecule has 1 aromatic heterocycles. The predicted octanol–water partition coefficient (Wildman–Crippen LogP) is 3.49. The van der Waals surface area contributed by atoms with Gasteiger partial charge in [0.15, 0.2) is 11.6 Å². The van der Waals surface area contributed by atoms with Crippen molar-refractivity contribution in [3.05, 3.63) is 64.8 Å².